The molecular weight excluding hydrogens is 488 g/mol. The van der Waals surface area contributed by atoms with E-state index in [2.05, 4.69) is 9.47 Å². The molecule has 2 aromatic rings. The third-order valence-electron chi connectivity index (χ3n) is 6.72. The van der Waals surface area contributed by atoms with E-state index in [1.54, 1.807) is 42.5 Å². The zero-order chi connectivity index (χ0) is 27.3. The molecular formula is C30H36O8. The number of benzene rings is 2. The molecule has 0 heterocycles. The molecule has 0 bridgehead atoms. The molecule has 2 saturated carbocycles. The van der Waals surface area contributed by atoms with Gasteiger partial charge in [0.1, 0.15) is 12.2 Å². The van der Waals surface area contributed by atoms with Crippen molar-refractivity contribution in [3.8, 4) is 0 Å². The van der Waals surface area contributed by atoms with E-state index in [9.17, 15) is 19.2 Å². The Balaban J connectivity index is 0.000000244. The zero-order valence-corrected chi connectivity index (χ0v) is 22.1. The number of carbonyl (C=O) groups is 4. The summed E-state index contributed by atoms with van der Waals surface area (Å²) in [6.45, 7) is 0. The molecule has 0 atom stereocenters. The van der Waals surface area contributed by atoms with Crippen LogP contribution in [0.3, 0.4) is 0 Å². The first kappa shape index (κ1) is 28.9. The van der Waals surface area contributed by atoms with Gasteiger partial charge in [-0.2, -0.15) is 0 Å². The number of hydrogen-bond acceptors (Lipinski definition) is 8. The minimum Gasteiger partial charge on any atom is -0.465 e. The van der Waals surface area contributed by atoms with Gasteiger partial charge < -0.3 is 18.9 Å². The van der Waals surface area contributed by atoms with Gasteiger partial charge in [0, 0.05) is 0 Å². The second-order valence-electron chi connectivity index (χ2n) is 9.44. The highest BCUT2D eigenvalue weighted by Gasteiger charge is 2.25. The Labute approximate surface area is 223 Å². The van der Waals surface area contributed by atoms with Crippen LogP contribution < -0.4 is 0 Å². The summed E-state index contributed by atoms with van der Waals surface area (Å²) in [5.41, 5.74) is 1.30. The Morgan fingerprint density at radius 2 is 0.947 bits per heavy atom. The van der Waals surface area contributed by atoms with Crippen molar-refractivity contribution < 1.29 is 38.1 Å². The van der Waals surface area contributed by atoms with Crippen LogP contribution in [-0.2, 0) is 18.9 Å². The predicted octanol–water partition coefficient (Wildman–Crippen LogP) is 5.93. The Kier molecular flexibility index (Phi) is 11.3. The van der Waals surface area contributed by atoms with Crippen LogP contribution in [0, 0.1) is 0 Å². The van der Waals surface area contributed by atoms with Crippen LogP contribution in [0.1, 0.15) is 106 Å². The SMILES string of the molecule is COC(=O)c1cccc(C(=O)OC)c1.O=C(OC1CCCCC1)c1ccccc1C(=O)OC1CCCCC1. The highest BCUT2D eigenvalue weighted by Crippen LogP contribution is 2.24. The van der Waals surface area contributed by atoms with E-state index in [0.717, 1.165) is 51.4 Å². The van der Waals surface area contributed by atoms with Gasteiger partial charge >= 0.3 is 23.9 Å². The average Bonchev–Trinajstić information content (AvgIpc) is 2.97. The topological polar surface area (TPSA) is 105 Å². The van der Waals surface area contributed by atoms with E-state index in [-0.39, 0.29) is 12.2 Å². The molecule has 2 fully saturated rings. The second-order valence-corrected chi connectivity index (χ2v) is 9.44. The largest absolute Gasteiger partial charge is 0.465 e. The molecule has 0 amide bonds. The van der Waals surface area contributed by atoms with Gasteiger partial charge in [-0.3, -0.25) is 0 Å². The van der Waals surface area contributed by atoms with E-state index in [1.165, 1.54) is 33.1 Å². The lowest BCUT2D eigenvalue weighted by Gasteiger charge is -2.23. The fourth-order valence-electron chi connectivity index (χ4n) is 4.64. The summed E-state index contributed by atoms with van der Waals surface area (Å²) in [6.07, 6.45) is 10.4. The fraction of sp³-hybridized carbons (Fsp3) is 0.467. The maximum absolute atomic E-state index is 12.5. The molecule has 0 radical (unpaired) electrons. The van der Waals surface area contributed by atoms with Crippen LogP contribution in [0.4, 0.5) is 0 Å². The van der Waals surface area contributed by atoms with Gasteiger partial charge in [0.15, 0.2) is 0 Å². The highest BCUT2D eigenvalue weighted by molar-refractivity contribution is 6.03. The number of methoxy groups -OCH3 is 2. The van der Waals surface area contributed by atoms with E-state index in [0.29, 0.717) is 22.3 Å². The molecule has 38 heavy (non-hydrogen) atoms. The number of ether oxygens (including phenoxy) is 4. The lowest BCUT2D eigenvalue weighted by atomic mass is 9.97. The van der Waals surface area contributed by atoms with Crippen LogP contribution in [0.15, 0.2) is 48.5 Å². The van der Waals surface area contributed by atoms with Crippen LogP contribution in [0.25, 0.3) is 0 Å². The van der Waals surface area contributed by atoms with Crippen molar-refractivity contribution in [2.45, 2.75) is 76.4 Å². The molecule has 0 N–H and O–H groups in total. The molecule has 0 saturated heterocycles. The summed E-state index contributed by atoms with van der Waals surface area (Å²) in [4.78, 5) is 47.2. The summed E-state index contributed by atoms with van der Waals surface area (Å²) in [6, 6.07) is 13.0. The van der Waals surface area contributed by atoms with Gasteiger partial charge in [-0.1, -0.05) is 31.0 Å². The molecule has 0 unspecified atom stereocenters. The van der Waals surface area contributed by atoms with Crippen LogP contribution >= 0.6 is 0 Å². The Morgan fingerprint density at radius 3 is 1.32 bits per heavy atom. The quantitative estimate of drug-likeness (QED) is 0.338. The minimum atomic E-state index is -0.476. The average molecular weight is 525 g/mol. The van der Waals surface area contributed by atoms with Crippen molar-refractivity contribution in [3.05, 3.63) is 70.8 Å². The van der Waals surface area contributed by atoms with Gasteiger partial charge in [0.25, 0.3) is 0 Å². The van der Waals surface area contributed by atoms with Crippen LogP contribution in [0.5, 0.6) is 0 Å². The molecule has 0 spiro atoms. The Morgan fingerprint density at radius 1 is 0.553 bits per heavy atom. The third-order valence-corrected chi connectivity index (χ3v) is 6.72. The Bertz CT molecular complexity index is 1010. The van der Waals surface area contributed by atoms with E-state index in [1.807, 2.05) is 0 Å². The van der Waals surface area contributed by atoms with Gasteiger partial charge in [-0.15, -0.1) is 0 Å². The lowest BCUT2D eigenvalue weighted by molar-refractivity contribution is 0.0164. The first-order chi connectivity index (χ1) is 18.4. The monoisotopic (exact) mass is 524 g/mol. The number of esters is 4. The van der Waals surface area contributed by atoms with Crippen molar-refractivity contribution in [1.82, 2.24) is 0 Å². The molecule has 8 heteroatoms. The summed E-state index contributed by atoms with van der Waals surface area (Å²) in [5, 5.41) is 0. The van der Waals surface area contributed by atoms with Crippen molar-refractivity contribution >= 4 is 23.9 Å². The van der Waals surface area contributed by atoms with Crippen molar-refractivity contribution in [2.24, 2.45) is 0 Å². The molecule has 8 nitrogen and oxygen atoms in total. The van der Waals surface area contributed by atoms with E-state index < -0.39 is 23.9 Å². The molecule has 204 valence electrons. The van der Waals surface area contributed by atoms with Crippen LogP contribution in [-0.4, -0.2) is 50.3 Å². The molecule has 2 aliphatic rings. The summed E-state index contributed by atoms with van der Waals surface area (Å²) >= 11 is 0. The number of hydrogen-bond donors (Lipinski definition) is 0. The van der Waals surface area contributed by atoms with Crippen molar-refractivity contribution in [1.29, 1.82) is 0 Å². The Hall–Kier alpha value is -3.68. The predicted molar refractivity (Wildman–Crippen MR) is 140 cm³/mol. The maximum atomic E-state index is 12.5. The summed E-state index contributed by atoms with van der Waals surface area (Å²) in [5.74, 6) is -1.76. The fourth-order valence-corrected chi connectivity index (χ4v) is 4.64. The van der Waals surface area contributed by atoms with Gasteiger partial charge in [0.05, 0.1) is 36.5 Å². The molecule has 4 rings (SSSR count). The second kappa shape index (κ2) is 14.9. The molecule has 2 aliphatic carbocycles. The number of rotatable bonds is 6. The van der Waals surface area contributed by atoms with Gasteiger partial charge in [-0.25, -0.2) is 19.2 Å². The van der Waals surface area contributed by atoms with Crippen molar-refractivity contribution in [3.63, 3.8) is 0 Å². The highest BCUT2D eigenvalue weighted by atomic mass is 16.6. The van der Waals surface area contributed by atoms with E-state index >= 15 is 0 Å². The van der Waals surface area contributed by atoms with Gasteiger partial charge in [0.2, 0.25) is 0 Å². The maximum Gasteiger partial charge on any atom is 0.339 e. The molecule has 0 aliphatic heterocycles. The normalized spacial score (nSPS) is 15.8. The summed E-state index contributed by atoms with van der Waals surface area (Å²) < 4.78 is 20.3. The van der Waals surface area contributed by atoms with Crippen molar-refractivity contribution in [2.75, 3.05) is 14.2 Å². The molecule has 2 aromatic carbocycles. The number of carbonyl (C=O) groups excluding carboxylic acids is 4. The smallest absolute Gasteiger partial charge is 0.339 e. The van der Waals surface area contributed by atoms with E-state index in [4.69, 9.17) is 9.47 Å². The minimum absolute atomic E-state index is 0.0197. The zero-order valence-electron chi connectivity index (χ0n) is 22.1. The van der Waals surface area contributed by atoms with Crippen LogP contribution in [0.2, 0.25) is 0 Å². The standard InChI is InChI=1S/C20H26O4.C10H10O4/c21-19(23-15-9-3-1-4-10-15)17-13-7-8-14-18(17)20(22)24-16-11-5-2-6-12-16;1-13-9(11)7-4-3-5-8(6-7)10(12)14-2/h7-8,13-16H,1-6,9-12H2;3-6H,1-2H3. The first-order valence-electron chi connectivity index (χ1n) is 13.2. The molecule has 0 aromatic heterocycles. The third kappa shape index (κ3) is 8.43. The van der Waals surface area contributed by atoms with Gasteiger partial charge in [-0.05, 0) is 81.7 Å². The summed E-state index contributed by atoms with van der Waals surface area (Å²) in [7, 11) is 2.57. The first-order valence-corrected chi connectivity index (χ1v) is 13.2. The lowest BCUT2D eigenvalue weighted by Crippen LogP contribution is -2.24.